The van der Waals surface area contributed by atoms with Crippen molar-refractivity contribution in [1.82, 2.24) is 4.57 Å². The molecule has 0 atom stereocenters. The maximum Gasteiger partial charge on any atom is 0.277 e. The molecule has 0 unspecified atom stereocenters. The summed E-state index contributed by atoms with van der Waals surface area (Å²) in [5.74, 6) is 0. The molecular weight excluding hydrogens is 348 g/mol. The largest absolute Gasteiger partial charge is 0.343 e. The predicted molar refractivity (Wildman–Crippen MR) is 105 cm³/mol. The summed E-state index contributed by atoms with van der Waals surface area (Å²) >= 11 is 6.48. The molecule has 0 bridgehead atoms. The van der Waals surface area contributed by atoms with Gasteiger partial charge in [0.25, 0.3) is 5.69 Å². The van der Waals surface area contributed by atoms with Gasteiger partial charge >= 0.3 is 0 Å². The zero-order valence-electron chi connectivity index (χ0n) is 13.8. The molecule has 4 rings (SSSR count). The molecule has 4 aromatic rings. The summed E-state index contributed by atoms with van der Waals surface area (Å²) in [6.45, 7) is 0.709. The van der Waals surface area contributed by atoms with Crippen LogP contribution < -0.4 is 0 Å². The second kappa shape index (κ2) is 6.65. The van der Waals surface area contributed by atoms with Crippen LogP contribution in [-0.4, -0.2) is 9.49 Å². The van der Waals surface area contributed by atoms with E-state index in [1.165, 1.54) is 11.6 Å². The van der Waals surface area contributed by atoms with Crippen molar-refractivity contribution in [2.24, 2.45) is 0 Å². The van der Waals surface area contributed by atoms with Gasteiger partial charge in [0.15, 0.2) is 0 Å². The first-order valence-electron chi connectivity index (χ1n) is 8.19. The molecule has 0 aliphatic heterocycles. The Bertz CT molecular complexity index is 1100. The monoisotopic (exact) mass is 362 g/mol. The fourth-order valence-corrected chi connectivity index (χ4v) is 3.48. The lowest BCUT2D eigenvalue weighted by Gasteiger charge is -2.09. The van der Waals surface area contributed by atoms with Gasteiger partial charge < -0.3 is 4.57 Å². The van der Waals surface area contributed by atoms with Crippen LogP contribution in [0.4, 0.5) is 5.69 Å². The topological polar surface area (TPSA) is 48.1 Å². The van der Waals surface area contributed by atoms with E-state index in [1.807, 2.05) is 36.5 Å². The number of nitrogens with zero attached hydrogens (tertiary/aromatic N) is 2. The van der Waals surface area contributed by atoms with Crippen molar-refractivity contribution in [3.63, 3.8) is 0 Å². The molecule has 1 aromatic heterocycles. The first-order chi connectivity index (χ1) is 12.6. The molecule has 1 heterocycles. The number of rotatable bonds is 4. The van der Waals surface area contributed by atoms with Crippen molar-refractivity contribution < 1.29 is 4.92 Å². The highest BCUT2D eigenvalue weighted by molar-refractivity contribution is 6.35. The molecule has 3 aromatic carbocycles. The number of nitro groups is 1. The fourth-order valence-electron chi connectivity index (χ4n) is 3.20. The van der Waals surface area contributed by atoms with Gasteiger partial charge in [-0.3, -0.25) is 10.1 Å². The zero-order valence-corrected chi connectivity index (χ0v) is 14.6. The van der Waals surface area contributed by atoms with Crippen molar-refractivity contribution in [3.05, 3.63) is 99.7 Å². The zero-order chi connectivity index (χ0) is 18.1. The van der Waals surface area contributed by atoms with E-state index < -0.39 is 0 Å². The first-order valence-corrected chi connectivity index (χ1v) is 8.57. The van der Waals surface area contributed by atoms with Crippen LogP contribution in [0, 0.1) is 10.1 Å². The van der Waals surface area contributed by atoms with Crippen LogP contribution in [0.5, 0.6) is 0 Å². The molecule has 0 saturated heterocycles. The van der Waals surface area contributed by atoms with Crippen molar-refractivity contribution >= 4 is 28.2 Å². The molecular formula is C21H15ClN2O2. The Balaban J connectivity index is 1.86. The van der Waals surface area contributed by atoms with Gasteiger partial charge in [0.2, 0.25) is 0 Å². The van der Waals surface area contributed by atoms with Crippen molar-refractivity contribution in [2.75, 3.05) is 0 Å². The van der Waals surface area contributed by atoms with E-state index in [1.54, 1.807) is 24.3 Å². The summed E-state index contributed by atoms with van der Waals surface area (Å²) < 4.78 is 2.11. The van der Waals surface area contributed by atoms with Gasteiger partial charge in [0, 0.05) is 24.2 Å². The smallest absolute Gasteiger partial charge is 0.277 e. The maximum atomic E-state index is 11.4. The maximum absolute atomic E-state index is 11.4. The molecule has 0 saturated carbocycles. The lowest BCUT2D eigenvalue weighted by atomic mass is 10.0. The summed E-state index contributed by atoms with van der Waals surface area (Å²) in [4.78, 5) is 11.0. The highest BCUT2D eigenvalue weighted by Crippen LogP contribution is 2.35. The van der Waals surface area contributed by atoms with Crippen LogP contribution >= 0.6 is 11.6 Å². The number of hydrogen-bond donors (Lipinski definition) is 0. The highest BCUT2D eigenvalue weighted by atomic mass is 35.5. The van der Waals surface area contributed by atoms with Crippen LogP contribution in [0.2, 0.25) is 5.02 Å². The number of halogens is 1. The molecule has 0 aliphatic rings. The lowest BCUT2D eigenvalue weighted by molar-refractivity contribution is -0.384. The first kappa shape index (κ1) is 16.4. The molecule has 0 aliphatic carbocycles. The van der Waals surface area contributed by atoms with Crippen LogP contribution in [0.25, 0.3) is 22.0 Å². The van der Waals surface area contributed by atoms with Gasteiger partial charge in [-0.2, -0.15) is 0 Å². The van der Waals surface area contributed by atoms with E-state index in [9.17, 15) is 10.1 Å². The van der Waals surface area contributed by atoms with Crippen molar-refractivity contribution in [3.8, 4) is 11.1 Å². The van der Waals surface area contributed by atoms with Crippen LogP contribution in [0.15, 0.2) is 79.0 Å². The van der Waals surface area contributed by atoms with Crippen LogP contribution in [0.3, 0.4) is 0 Å². The van der Waals surface area contributed by atoms with E-state index in [0.29, 0.717) is 17.1 Å². The molecule has 128 valence electrons. The van der Waals surface area contributed by atoms with Gasteiger partial charge in [-0.1, -0.05) is 54.1 Å². The Morgan fingerprint density at radius 2 is 1.69 bits per heavy atom. The summed E-state index contributed by atoms with van der Waals surface area (Å²) in [5.41, 5.74) is 3.51. The number of nitro benzene ring substituents is 1. The Morgan fingerprint density at radius 3 is 2.46 bits per heavy atom. The second-order valence-corrected chi connectivity index (χ2v) is 6.50. The summed E-state index contributed by atoms with van der Waals surface area (Å²) in [6, 6.07) is 22.6. The highest BCUT2D eigenvalue weighted by Gasteiger charge is 2.16. The molecule has 4 nitrogen and oxygen atoms in total. The van der Waals surface area contributed by atoms with Crippen molar-refractivity contribution in [2.45, 2.75) is 6.54 Å². The Kier molecular flexibility index (Phi) is 4.19. The van der Waals surface area contributed by atoms with Crippen LogP contribution in [-0.2, 0) is 6.54 Å². The third kappa shape index (κ3) is 2.95. The minimum Gasteiger partial charge on any atom is -0.343 e. The van der Waals surface area contributed by atoms with E-state index >= 15 is 0 Å². The van der Waals surface area contributed by atoms with Gasteiger partial charge in [0.05, 0.1) is 21.0 Å². The van der Waals surface area contributed by atoms with Gasteiger partial charge in [0.1, 0.15) is 0 Å². The minimum atomic E-state index is -0.365. The third-order valence-electron chi connectivity index (χ3n) is 4.45. The van der Waals surface area contributed by atoms with Crippen LogP contribution in [0.1, 0.15) is 5.56 Å². The molecule has 26 heavy (non-hydrogen) atoms. The molecule has 0 spiro atoms. The number of benzene rings is 3. The Morgan fingerprint density at radius 1 is 0.962 bits per heavy atom. The summed E-state index contributed by atoms with van der Waals surface area (Å²) in [7, 11) is 0. The van der Waals surface area contributed by atoms with Crippen molar-refractivity contribution in [1.29, 1.82) is 0 Å². The average Bonchev–Trinajstić information content (AvgIpc) is 3.06. The third-order valence-corrected chi connectivity index (χ3v) is 4.76. The number of hydrogen-bond acceptors (Lipinski definition) is 2. The predicted octanol–water partition coefficient (Wildman–Crippen LogP) is 5.92. The summed E-state index contributed by atoms with van der Waals surface area (Å²) in [5, 5.41) is 12.9. The molecule has 0 fully saturated rings. The minimum absolute atomic E-state index is 0.0732. The fraction of sp³-hybridized carbons (Fsp3) is 0.0476. The van der Waals surface area contributed by atoms with Gasteiger partial charge in [-0.25, -0.2) is 0 Å². The lowest BCUT2D eigenvalue weighted by Crippen LogP contribution is -1.98. The standard InChI is InChI=1S/C21H15ClN2O2/c22-19-12-16(17-8-4-5-9-20(17)24(25)26)13-21-18(19)10-11-23(21)14-15-6-2-1-3-7-15/h1-13H,14H2. The quantitative estimate of drug-likeness (QED) is 0.334. The Labute approximate surface area is 155 Å². The average molecular weight is 363 g/mol. The van der Waals surface area contributed by atoms with E-state index in [4.69, 9.17) is 11.6 Å². The summed E-state index contributed by atoms with van der Waals surface area (Å²) in [6.07, 6.45) is 1.99. The molecule has 0 amide bonds. The normalized spacial score (nSPS) is 11.0. The number of para-hydroxylation sites is 1. The Hall–Kier alpha value is -3.11. The van der Waals surface area contributed by atoms with Gasteiger partial charge in [-0.15, -0.1) is 0 Å². The van der Waals surface area contributed by atoms with E-state index in [0.717, 1.165) is 16.5 Å². The molecule has 0 radical (unpaired) electrons. The number of fused-ring (bicyclic) bond motifs is 1. The SMILES string of the molecule is O=[N+]([O-])c1ccccc1-c1cc(Cl)c2ccn(Cc3ccccc3)c2c1. The number of aromatic nitrogens is 1. The van der Waals surface area contributed by atoms with E-state index in [2.05, 4.69) is 16.7 Å². The molecule has 0 N–H and O–H groups in total. The van der Waals surface area contributed by atoms with E-state index in [-0.39, 0.29) is 10.6 Å². The second-order valence-electron chi connectivity index (χ2n) is 6.09. The molecule has 5 heteroatoms. The van der Waals surface area contributed by atoms with Gasteiger partial charge in [-0.05, 0) is 35.4 Å².